The van der Waals surface area contributed by atoms with Crippen molar-refractivity contribution >= 4 is 28.3 Å². The number of nitrogens with zero attached hydrogens (tertiary/aromatic N) is 3. The maximum atomic E-state index is 12.4. The summed E-state index contributed by atoms with van der Waals surface area (Å²) in [7, 11) is 0. The average molecular weight is 320 g/mol. The van der Waals surface area contributed by atoms with Crippen LogP contribution >= 0.6 is 0 Å². The number of hydrogen-bond acceptors (Lipinski definition) is 4. The van der Waals surface area contributed by atoms with Crippen LogP contribution in [0.1, 0.15) is 24.2 Å². The van der Waals surface area contributed by atoms with Crippen molar-refractivity contribution in [3.63, 3.8) is 0 Å². The largest absolute Gasteiger partial charge is 0.372 e. The van der Waals surface area contributed by atoms with Gasteiger partial charge >= 0.3 is 0 Å². The van der Waals surface area contributed by atoms with Crippen molar-refractivity contribution in [1.29, 1.82) is 0 Å². The Balaban J connectivity index is 1.76. The number of amides is 1. The van der Waals surface area contributed by atoms with Crippen LogP contribution in [-0.2, 0) is 0 Å². The maximum Gasteiger partial charge on any atom is 0.255 e. The summed E-state index contributed by atoms with van der Waals surface area (Å²) in [6, 6.07) is 13.2. The Kier molecular flexibility index (Phi) is 4.70. The molecule has 0 aliphatic heterocycles. The molecule has 0 aliphatic rings. The van der Waals surface area contributed by atoms with Gasteiger partial charge in [0.1, 0.15) is 0 Å². The Labute approximate surface area is 141 Å². The van der Waals surface area contributed by atoms with Gasteiger partial charge in [0.15, 0.2) is 0 Å². The van der Waals surface area contributed by atoms with Crippen LogP contribution in [0.4, 0.5) is 11.4 Å². The van der Waals surface area contributed by atoms with E-state index in [-0.39, 0.29) is 5.91 Å². The van der Waals surface area contributed by atoms with Crippen molar-refractivity contribution in [2.75, 3.05) is 23.3 Å². The summed E-state index contributed by atoms with van der Waals surface area (Å²) < 4.78 is 0. The summed E-state index contributed by atoms with van der Waals surface area (Å²) in [6.07, 6.45) is 3.26. The monoisotopic (exact) mass is 320 g/mol. The van der Waals surface area contributed by atoms with Crippen molar-refractivity contribution in [3.8, 4) is 0 Å². The zero-order valence-electron chi connectivity index (χ0n) is 13.9. The van der Waals surface area contributed by atoms with E-state index in [4.69, 9.17) is 0 Å². The van der Waals surface area contributed by atoms with Crippen LogP contribution in [0.3, 0.4) is 0 Å². The minimum atomic E-state index is -0.154. The number of anilines is 2. The highest BCUT2D eigenvalue weighted by atomic mass is 16.1. The lowest BCUT2D eigenvalue weighted by molar-refractivity contribution is 0.102. The summed E-state index contributed by atoms with van der Waals surface area (Å²) in [6.45, 7) is 6.17. The van der Waals surface area contributed by atoms with Crippen LogP contribution in [0.5, 0.6) is 0 Å². The summed E-state index contributed by atoms with van der Waals surface area (Å²) >= 11 is 0. The molecule has 0 atom stereocenters. The molecule has 3 rings (SSSR count). The highest BCUT2D eigenvalue weighted by Crippen LogP contribution is 2.19. The fourth-order valence-corrected chi connectivity index (χ4v) is 2.65. The van der Waals surface area contributed by atoms with Gasteiger partial charge in [-0.2, -0.15) is 0 Å². The first-order valence-electron chi connectivity index (χ1n) is 8.08. The van der Waals surface area contributed by atoms with Gasteiger partial charge in [0, 0.05) is 42.4 Å². The molecule has 122 valence electrons. The minimum absolute atomic E-state index is 0.154. The topological polar surface area (TPSA) is 58.1 Å². The Morgan fingerprint density at radius 2 is 1.62 bits per heavy atom. The molecule has 0 aliphatic carbocycles. The lowest BCUT2D eigenvalue weighted by Crippen LogP contribution is -2.21. The first-order valence-corrected chi connectivity index (χ1v) is 8.08. The molecule has 0 saturated heterocycles. The molecule has 0 spiro atoms. The van der Waals surface area contributed by atoms with E-state index in [1.807, 2.05) is 24.3 Å². The van der Waals surface area contributed by atoms with Gasteiger partial charge in [0.05, 0.1) is 11.0 Å². The van der Waals surface area contributed by atoms with Gasteiger partial charge < -0.3 is 10.2 Å². The molecule has 2 aromatic carbocycles. The van der Waals surface area contributed by atoms with E-state index in [2.05, 4.69) is 34.0 Å². The number of aromatic nitrogens is 2. The molecule has 5 nitrogen and oxygen atoms in total. The van der Waals surface area contributed by atoms with E-state index in [0.29, 0.717) is 11.1 Å². The third-order valence-corrected chi connectivity index (χ3v) is 3.99. The SMILES string of the molecule is CCN(CC)c1ccc(NC(=O)c2ccc3nccnc3c2)cc1. The predicted octanol–water partition coefficient (Wildman–Crippen LogP) is 3.73. The Bertz CT molecular complexity index is 841. The molecule has 0 fully saturated rings. The van der Waals surface area contributed by atoms with Crippen LogP contribution in [0, 0.1) is 0 Å². The van der Waals surface area contributed by atoms with Crippen LogP contribution in [0.25, 0.3) is 11.0 Å². The Morgan fingerprint density at radius 1 is 0.958 bits per heavy atom. The van der Waals surface area contributed by atoms with Gasteiger partial charge in [0.25, 0.3) is 5.91 Å². The van der Waals surface area contributed by atoms with Crippen LogP contribution in [0.2, 0.25) is 0 Å². The minimum Gasteiger partial charge on any atom is -0.372 e. The molecule has 1 aromatic heterocycles. The smallest absolute Gasteiger partial charge is 0.255 e. The van der Waals surface area contributed by atoms with Gasteiger partial charge in [-0.1, -0.05) is 0 Å². The quantitative estimate of drug-likeness (QED) is 0.778. The molecule has 1 amide bonds. The number of carbonyl (C=O) groups is 1. The van der Waals surface area contributed by atoms with E-state index in [9.17, 15) is 4.79 Å². The molecule has 3 aromatic rings. The first-order chi connectivity index (χ1) is 11.7. The highest BCUT2D eigenvalue weighted by Gasteiger charge is 2.08. The molecular weight excluding hydrogens is 300 g/mol. The third kappa shape index (κ3) is 3.35. The standard InChI is InChI=1S/C19H20N4O/c1-3-23(4-2)16-8-6-15(7-9-16)22-19(24)14-5-10-17-18(13-14)21-12-11-20-17/h5-13H,3-4H2,1-2H3,(H,22,24). The number of carbonyl (C=O) groups excluding carboxylic acids is 1. The normalized spacial score (nSPS) is 10.6. The lowest BCUT2D eigenvalue weighted by Gasteiger charge is -2.21. The maximum absolute atomic E-state index is 12.4. The number of benzene rings is 2. The summed E-state index contributed by atoms with van der Waals surface area (Å²) in [5, 5.41) is 2.92. The van der Waals surface area contributed by atoms with Gasteiger partial charge in [-0.15, -0.1) is 0 Å². The Morgan fingerprint density at radius 3 is 2.29 bits per heavy atom. The molecule has 0 saturated carbocycles. The third-order valence-electron chi connectivity index (χ3n) is 3.99. The number of nitrogens with one attached hydrogen (secondary N) is 1. The van der Waals surface area contributed by atoms with Gasteiger partial charge in [-0.05, 0) is 56.3 Å². The molecular formula is C19H20N4O. The van der Waals surface area contributed by atoms with Gasteiger partial charge in [-0.25, -0.2) is 0 Å². The van der Waals surface area contributed by atoms with Crippen LogP contribution < -0.4 is 10.2 Å². The number of rotatable bonds is 5. The second kappa shape index (κ2) is 7.08. The van der Waals surface area contributed by atoms with E-state index in [1.54, 1.807) is 30.6 Å². The van der Waals surface area contributed by atoms with E-state index < -0.39 is 0 Å². The molecule has 24 heavy (non-hydrogen) atoms. The lowest BCUT2D eigenvalue weighted by atomic mass is 10.1. The molecule has 0 bridgehead atoms. The van der Waals surface area contributed by atoms with E-state index >= 15 is 0 Å². The van der Waals surface area contributed by atoms with Gasteiger partial charge in [-0.3, -0.25) is 14.8 Å². The van der Waals surface area contributed by atoms with Crippen molar-refractivity contribution in [1.82, 2.24) is 9.97 Å². The second-order valence-electron chi connectivity index (χ2n) is 5.43. The summed E-state index contributed by atoms with van der Waals surface area (Å²) in [5.74, 6) is -0.154. The van der Waals surface area contributed by atoms with Crippen LogP contribution in [0.15, 0.2) is 54.9 Å². The number of hydrogen-bond donors (Lipinski definition) is 1. The van der Waals surface area contributed by atoms with Crippen molar-refractivity contribution in [3.05, 3.63) is 60.4 Å². The van der Waals surface area contributed by atoms with E-state index in [0.717, 1.165) is 30.0 Å². The fraction of sp³-hybridized carbons (Fsp3) is 0.211. The summed E-state index contributed by atoms with van der Waals surface area (Å²) in [5.41, 5.74) is 3.98. The summed E-state index contributed by atoms with van der Waals surface area (Å²) in [4.78, 5) is 23.1. The zero-order valence-corrected chi connectivity index (χ0v) is 13.9. The molecule has 0 unspecified atom stereocenters. The molecule has 0 radical (unpaired) electrons. The molecule has 5 heteroatoms. The van der Waals surface area contributed by atoms with Crippen molar-refractivity contribution < 1.29 is 4.79 Å². The van der Waals surface area contributed by atoms with Crippen molar-refractivity contribution in [2.45, 2.75) is 13.8 Å². The molecule has 1 heterocycles. The number of fused-ring (bicyclic) bond motifs is 1. The predicted molar refractivity (Wildman–Crippen MR) is 97.5 cm³/mol. The van der Waals surface area contributed by atoms with Gasteiger partial charge in [0.2, 0.25) is 0 Å². The van der Waals surface area contributed by atoms with Crippen LogP contribution in [-0.4, -0.2) is 29.0 Å². The first kappa shape index (κ1) is 15.9. The Hall–Kier alpha value is -2.95. The second-order valence-corrected chi connectivity index (χ2v) is 5.43. The average Bonchev–Trinajstić information content (AvgIpc) is 2.63. The highest BCUT2D eigenvalue weighted by molar-refractivity contribution is 6.05. The fourth-order valence-electron chi connectivity index (χ4n) is 2.65. The zero-order chi connectivity index (χ0) is 16.9. The van der Waals surface area contributed by atoms with E-state index in [1.165, 1.54) is 0 Å². The molecule has 1 N–H and O–H groups in total. The van der Waals surface area contributed by atoms with Crippen molar-refractivity contribution in [2.24, 2.45) is 0 Å².